The van der Waals surface area contributed by atoms with Crippen LogP contribution in [-0.2, 0) is 6.42 Å². The van der Waals surface area contributed by atoms with E-state index in [9.17, 15) is 4.79 Å². The second kappa shape index (κ2) is 6.54. The molecule has 1 saturated heterocycles. The Morgan fingerprint density at radius 2 is 2.39 bits per heavy atom. The summed E-state index contributed by atoms with van der Waals surface area (Å²) < 4.78 is 5.01. The first kappa shape index (κ1) is 15.7. The number of aryl methyl sites for hydroxylation is 2. The van der Waals surface area contributed by atoms with Crippen molar-refractivity contribution < 1.29 is 9.32 Å². The lowest BCUT2D eigenvalue weighted by Crippen LogP contribution is -2.33. The number of carbonyl (C=O) groups is 1. The Morgan fingerprint density at radius 3 is 3.09 bits per heavy atom. The molecule has 3 heterocycles. The number of pyridine rings is 1. The summed E-state index contributed by atoms with van der Waals surface area (Å²) >= 11 is 5.94. The van der Waals surface area contributed by atoms with E-state index in [-0.39, 0.29) is 11.9 Å². The standard InChI is InChI=1S/C15H18ClN5O2/c1-3-10-6-12(16)7-17-13(10)19-15(22)21-5-4-11(8-21)14-18-9(2)23-20-14/h6-7,11H,3-5,8H2,1-2H3,(H,17,19,22). The Kier molecular flexibility index (Phi) is 4.47. The monoisotopic (exact) mass is 335 g/mol. The highest BCUT2D eigenvalue weighted by Crippen LogP contribution is 2.26. The fraction of sp³-hybridized carbons (Fsp3) is 0.467. The van der Waals surface area contributed by atoms with Crippen LogP contribution in [0.15, 0.2) is 16.8 Å². The number of aromatic nitrogens is 3. The third-order valence-electron chi connectivity index (χ3n) is 3.92. The Labute approximate surface area is 139 Å². The SMILES string of the molecule is CCc1cc(Cl)cnc1NC(=O)N1CCC(c2noc(C)n2)C1. The van der Waals surface area contributed by atoms with Crippen molar-refractivity contribution in [2.24, 2.45) is 0 Å². The van der Waals surface area contributed by atoms with Crippen LogP contribution in [0.25, 0.3) is 0 Å². The molecule has 0 saturated carbocycles. The van der Waals surface area contributed by atoms with Gasteiger partial charge in [-0.3, -0.25) is 5.32 Å². The number of amides is 2. The van der Waals surface area contributed by atoms with Crippen LogP contribution in [0.1, 0.15) is 36.5 Å². The van der Waals surface area contributed by atoms with Crippen LogP contribution in [0.5, 0.6) is 0 Å². The molecule has 1 atom stereocenters. The van der Waals surface area contributed by atoms with Gasteiger partial charge in [0.05, 0.1) is 5.02 Å². The molecule has 8 heteroatoms. The maximum Gasteiger partial charge on any atom is 0.323 e. The van der Waals surface area contributed by atoms with Gasteiger partial charge in [0.1, 0.15) is 5.82 Å². The first-order chi connectivity index (χ1) is 11.1. The lowest BCUT2D eigenvalue weighted by molar-refractivity contribution is 0.221. The predicted octanol–water partition coefficient (Wildman–Crippen LogP) is 3.01. The van der Waals surface area contributed by atoms with E-state index in [1.54, 1.807) is 11.8 Å². The molecule has 1 aliphatic heterocycles. The van der Waals surface area contributed by atoms with E-state index in [0.717, 1.165) is 18.4 Å². The molecule has 23 heavy (non-hydrogen) atoms. The summed E-state index contributed by atoms with van der Waals surface area (Å²) in [5.41, 5.74) is 0.912. The molecule has 2 amide bonds. The van der Waals surface area contributed by atoms with Crippen LogP contribution in [-0.4, -0.2) is 39.1 Å². The van der Waals surface area contributed by atoms with Gasteiger partial charge in [0.15, 0.2) is 5.82 Å². The molecular weight excluding hydrogens is 318 g/mol. The van der Waals surface area contributed by atoms with Gasteiger partial charge in [-0.25, -0.2) is 9.78 Å². The quantitative estimate of drug-likeness (QED) is 0.932. The molecule has 0 bridgehead atoms. The van der Waals surface area contributed by atoms with Gasteiger partial charge in [-0.2, -0.15) is 4.98 Å². The molecule has 7 nitrogen and oxygen atoms in total. The van der Waals surface area contributed by atoms with Crippen molar-refractivity contribution in [1.82, 2.24) is 20.0 Å². The van der Waals surface area contributed by atoms with Crippen LogP contribution in [0.4, 0.5) is 10.6 Å². The van der Waals surface area contributed by atoms with E-state index in [1.165, 1.54) is 6.20 Å². The first-order valence-electron chi connectivity index (χ1n) is 7.57. The smallest absolute Gasteiger partial charge is 0.323 e. The number of nitrogens with zero attached hydrogens (tertiary/aromatic N) is 4. The van der Waals surface area contributed by atoms with Crippen molar-refractivity contribution in [2.45, 2.75) is 32.6 Å². The summed E-state index contributed by atoms with van der Waals surface area (Å²) in [6, 6.07) is 1.65. The summed E-state index contributed by atoms with van der Waals surface area (Å²) in [6.45, 7) is 4.97. The summed E-state index contributed by atoms with van der Waals surface area (Å²) in [6.07, 6.45) is 3.10. The normalized spacial score (nSPS) is 17.5. The second-order valence-corrected chi connectivity index (χ2v) is 5.98. The zero-order valence-corrected chi connectivity index (χ0v) is 13.8. The first-order valence-corrected chi connectivity index (χ1v) is 7.95. The minimum Gasteiger partial charge on any atom is -0.340 e. The van der Waals surface area contributed by atoms with Gasteiger partial charge >= 0.3 is 6.03 Å². The lowest BCUT2D eigenvalue weighted by atomic mass is 10.1. The van der Waals surface area contributed by atoms with Gasteiger partial charge in [-0.1, -0.05) is 23.7 Å². The van der Waals surface area contributed by atoms with Gasteiger partial charge in [0.25, 0.3) is 0 Å². The van der Waals surface area contributed by atoms with Gasteiger partial charge in [-0.05, 0) is 24.5 Å². The van der Waals surface area contributed by atoms with Crippen molar-refractivity contribution in [3.05, 3.63) is 34.6 Å². The van der Waals surface area contributed by atoms with Crippen LogP contribution >= 0.6 is 11.6 Å². The average Bonchev–Trinajstić information content (AvgIpc) is 3.17. The molecule has 122 valence electrons. The maximum absolute atomic E-state index is 12.4. The number of urea groups is 1. The number of hydrogen-bond acceptors (Lipinski definition) is 5. The fourth-order valence-corrected chi connectivity index (χ4v) is 2.86. The number of hydrogen-bond donors (Lipinski definition) is 1. The average molecular weight is 336 g/mol. The van der Waals surface area contributed by atoms with Gasteiger partial charge in [0.2, 0.25) is 5.89 Å². The van der Waals surface area contributed by atoms with Gasteiger partial charge in [-0.15, -0.1) is 0 Å². The maximum atomic E-state index is 12.4. The summed E-state index contributed by atoms with van der Waals surface area (Å²) in [5, 5.41) is 7.37. The van der Waals surface area contributed by atoms with E-state index in [0.29, 0.717) is 35.6 Å². The summed E-state index contributed by atoms with van der Waals surface area (Å²) in [4.78, 5) is 22.6. The molecular formula is C15H18ClN5O2. The number of nitrogens with one attached hydrogen (secondary N) is 1. The zero-order valence-electron chi connectivity index (χ0n) is 13.0. The number of halogens is 1. The molecule has 2 aromatic heterocycles. The van der Waals surface area contributed by atoms with E-state index in [2.05, 4.69) is 20.4 Å². The number of anilines is 1. The highest BCUT2D eigenvalue weighted by Gasteiger charge is 2.30. The van der Waals surface area contributed by atoms with Crippen molar-refractivity contribution >= 4 is 23.4 Å². The van der Waals surface area contributed by atoms with Crippen LogP contribution in [0.2, 0.25) is 5.02 Å². The highest BCUT2D eigenvalue weighted by atomic mass is 35.5. The summed E-state index contributed by atoms with van der Waals surface area (Å²) in [5.74, 6) is 1.88. The predicted molar refractivity (Wildman–Crippen MR) is 85.6 cm³/mol. The second-order valence-electron chi connectivity index (χ2n) is 5.55. The van der Waals surface area contributed by atoms with Crippen molar-refractivity contribution in [3.63, 3.8) is 0 Å². The molecule has 0 radical (unpaired) electrons. The van der Waals surface area contributed by atoms with Crippen molar-refractivity contribution in [1.29, 1.82) is 0 Å². The molecule has 0 aromatic carbocycles. The van der Waals surface area contributed by atoms with Crippen LogP contribution < -0.4 is 5.32 Å². The minimum atomic E-state index is -0.169. The van der Waals surface area contributed by atoms with Crippen molar-refractivity contribution in [2.75, 3.05) is 18.4 Å². The third kappa shape index (κ3) is 3.44. The molecule has 2 aromatic rings. The van der Waals surface area contributed by atoms with Crippen LogP contribution in [0.3, 0.4) is 0 Å². The Morgan fingerprint density at radius 1 is 1.57 bits per heavy atom. The van der Waals surface area contributed by atoms with E-state index in [1.807, 2.05) is 13.0 Å². The van der Waals surface area contributed by atoms with Crippen molar-refractivity contribution in [3.8, 4) is 0 Å². The zero-order chi connectivity index (χ0) is 16.4. The molecule has 3 rings (SSSR count). The Bertz CT molecular complexity index is 718. The molecule has 1 fully saturated rings. The Balaban J connectivity index is 1.65. The molecule has 0 spiro atoms. The molecule has 1 aliphatic rings. The van der Waals surface area contributed by atoms with E-state index < -0.39 is 0 Å². The van der Waals surface area contributed by atoms with Crippen LogP contribution in [0, 0.1) is 6.92 Å². The molecule has 1 N–H and O–H groups in total. The van der Waals surface area contributed by atoms with Gasteiger partial charge < -0.3 is 9.42 Å². The lowest BCUT2D eigenvalue weighted by Gasteiger charge is -2.17. The Hall–Kier alpha value is -2.15. The summed E-state index contributed by atoms with van der Waals surface area (Å²) in [7, 11) is 0. The number of likely N-dealkylation sites (tertiary alicyclic amines) is 1. The molecule has 1 unspecified atom stereocenters. The molecule has 0 aliphatic carbocycles. The van der Waals surface area contributed by atoms with Gasteiger partial charge in [0, 0.05) is 32.1 Å². The number of rotatable bonds is 3. The largest absolute Gasteiger partial charge is 0.340 e. The van der Waals surface area contributed by atoms with E-state index in [4.69, 9.17) is 16.1 Å². The third-order valence-corrected chi connectivity index (χ3v) is 4.13. The minimum absolute atomic E-state index is 0.113. The topological polar surface area (TPSA) is 84.2 Å². The fourth-order valence-electron chi connectivity index (χ4n) is 2.68. The number of carbonyl (C=O) groups excluding carboxylic acids is 1. The van der Waals surface area contributed by atoms with E-state index >= 15 is 0 Å². The highest BCUT2D eigenvalue weighted by molar-refractivity contribution is 6.30.